The van der Waals surface area contributed by atoms with Gasteiger partial charge in [-0.2, -0.15) is 0 Å². The van der Waals surface area contributed by atoms with Crippen LogP contribution < -0.4 is 0 Å². The van der Waals surface area contributed by atoms with Gasteiger partial charge in [-0.05, 0) is 24.2 Å². The molecule has 2 aliphatic rings. The molecule has 0 aromatic rings. The molecule has 0 aliphatic heterocycles. The summed E-state index contributed by atoms with van der Waals surface area (Å²) in [6, 6.07) is 0. The van der Waals surface area contributed by atoms with Crippen LogP contribution in [0.5, 0.6) is 0 Å². The summed E-state index contributed by atoms with van der Waals surface area (Å²) in [7, 11) is 0. The summed E-state index contributed by atoms with van der Waals surface area (Å²) in [6.07, 6.45) is 30.4. The van der Waals surface area contributed by atoms with Gasteiger partial charge in [-0.3, -0.25) is 0 Å². The van der Waals surface area contributed by atoms with Crippen molar-refractivity contribution in [1.29, 1.82) is 0 Å². The highest BCUT2D eigenvalue weighted by Gasteiger charge is 2.29. The number of hydrogen-bond donors (Lipinski definition) is 0. The Balaban J connectivity index is 1.77. The molecule has 2 fully saturated rings. The lowest BCUT2D eigenvalue weighted by atomic mass is 9.72. The number of unbranched alkanes of at least 4 members (excludes halogenated alkanes) is 6. The summed E-state index contributed by atoms with van der Waals surface area (Å²) in [4.78, 5) is 0. The van der Waals surface area contributed by atoms with Crippen LogP contribution in [0.3, 0.4) is 0 Å². The summed E-state index contributed by atoms with van der Waals surface area (Å²) in [5.74, 6) is 3.28. The topological polar surface area (TPSA) is 0 Å². The van der Waals surface area contributed by atoms with Gasteiger partial charge in [0.05, 0.1) is 0 Å². The fourth-order valence-corrected chi connectivity index (χ4v) is 5.67. The van der Waals surface area contributed by atoms with Crippen LogP contribution in [0.2, 0.25) is 0 Å². The molecule has 0 N–H and O–H groups in total. The zero-order chi connectivity index (χ0) is 16.9. The molecule has 0 bridgehead atoms. The third kappa shape index (κ3) is 7.92. The van der Waals surface area contributed by atoms with Gasteiger partial charge in [-0.1, -0.05) is 129 Å². The van der Waals surface area contributed by atoms with Crippen molar-refractivity contribution in [3.8, 4) is 0 Å². The lowest BCUT2D eigenvalue weighted by molar-refractivity contribution is 0.171. The standard InChI is InChI=1S/C24H46/c1-2-3-4-5-6-7-16-21-24(22-17-12-8-9-13-18-22)23-19-14-10-11-15-20-23/h22-24H,2-21H2,1H3. The summed E-state index contributed by atoms with van der Waals surface area (Å²) in [6.45, 7) is 2.32. The Hall–Kier alpha value is 0. The van der Waals surface area contributed by atoms with Gasteiger partial charge in [0.1, 0.15) is 0 Å². The van der Waals surface area contributed by atoms with Crippen molar-refractivity contribution in [3.05, 3.63) is 0 Å². The van der Waals surface area contributed by atoms with Gasteiger partial charge in [0.2, 0.25) is 0 Å². The van der Waals surface area contributed by atoms with Crippen molar-refractivity contribution in [2.75, 3.05) is 0 Å². The highest BCUT2D eigenvalue weighted by Crippen LogP contribution is 2.41. The predicted octanol–water partition coefficient (Wildman–Crippen LogP) is 8.68. The zero-order valence-corrected chi connectivity index (χ0v) is 16.9. The monoisotopic (exact) mass is 334 g/mol. The van der Waals surface area contributed by atoms with Gasteiger partial charge in [0.15, 0.2) is 0 Å². The highest BCUT2D eigenvalue weighted by atomic mass is 14.3. The molecule has 0 heteroatoms. The molecule has 0 saturated heterocycles. The van der Waals surface area contributed by atoms with Crippen molar-refractivity contribution in [1.82, 2.24) is 0 Å². The second-order valence-electron chi connectivity index (χ2n) is 9.08. The first-order chi connectivity index (χ1) is 11.9. The summed E-state index contributed by atoms with van der Waals surface area (Å²) >= 11 is 0. The van der Waals surface area contributed by atoms with Crippen LogP contribution in [0.15, 0.2) is 0 Å². The Labute approximate surface area is 153 Å². The molecule has 0 aromatic heterocycles. The van der Waals surface area contributed by atoms with Crippen molar-refractivity contribution in [2.45, 2.75) is 135 Å². The Morgan fingerprint density at radius 3 is 1.42 bits per heavy atom. The van der Waals surface area contributed by atoms with Crippen LogP contribution in [0, 0.1) is 17.8 Å². The molecule has 0 radical (unpaired) electrons. The van der Waals surface area contributed by atoms with Crippen LogP contribution in [0.4, 0.5) is 0 Å². The molecule has 0 atom stereocenters. The molecule has 0 spiro atoms. The fraction of sp³-hybridized carbons (Fsp3) is 1.00. The first kappa shape index (κ1) is 20.3. The maximum atomic E-state index is 2.32. The molecule has 24 heavy (non-hydrogen) atoms. The van der Waals surface area contributed by atoms with E-state index in [0.29, 0.717) is 0 Å². The second kappa shape index (κ2) is 13.2. The summed E-state index contributed by atoms with van der Waals surface area (Å²) in [5.41, 5.74) is 0. The van der Waals surface area contributed by atoms with E-state index >= 15 is 0 Å². The van der Waals surface area contributed by atoms with Gasteiger partial charge in [0, 0.05) is 0 Å². The van der Waals surface area contributed by atoms with E-state index in [0.717, 1.165) is 17.8 Å². The zero-order valence-electron chi connectivity index (χ0n) is 16.9. The molecule has 142 valence electrons. The van der Waals surface area contributed by atoms with Gasteiger partial charge >= 0.3 is 0 Å². The fourth-order valence-electron chi connectivity index (χ4n) is 5.67. The molecule has 0 nitrogen and oxygen atoms in total. The van der Waals surface area contributed by atoms with E-state index in [1.54, 1.807) is 32.1 Å². The Kier molecular flexibility index (Phi) is 11.2. The Bertz CT molecular complexity index is 246. The highest BCUT2D eigenvalue weighted by molar-refractivity contribution is 4.80. The van der Waals surface area contributed by atoms with E-state index in [4.69, 9.17) is 0 Å². The quantitative estimate of drug-likeness (QED) is 0.277. The van der Waals surface area contributed by atoms with E-state index in [9.17, 15) is 0 Å². The lowest BCUT2D eigenvalue weighted by Crippen LogP contribution is -2.23. The molecule has 0 heterocycles. The Morgan fingerprint density at radius 2 is 0.958 bits per heavy atom. The van der Waals surface area contributed by atoms with Crippen molar-refractivity contribution < 1.29 is 0 Å². The first-order valence-electron chi connectivity index (χ1n) is 11.9. The summed E-state index contributed by atoms with van der Waals surface area (Å²) < 4.78 is 0. The molecule has 2 rings (SSSR count). The van der Waals surface area contributed by atoms with Crippen LogP contribution >= 0.6 is 0 Å². The van der Waals surface area contributed by atoms with Crippen LogP contribution in [-0.4, -0.2) is 0 Å². The van der Waals surface area contributed by atoms with Crippen molar-refractivity contribution in [3.63, 3.8) is 0 Å². The van der Waals surface area contributed by atoms with E-state index < -0.39 is 0 Å². The van der Waals surface area contributed by atoms with E-state index in [-0.39, 0.29) is 0 Å². The molecule has 0 unspecified atom stereocenters. The number of rotatable bonds is 10. The maximum absolute atomic E-state index is 2.32. The minimum Gasteiger partial charge on any atom is -0.0654 e. The number of hydrogen-bond acceptors (Lipinski definition) is 0. The maximum Gasteiger partial charge on any atom is -0.0357 e. The molecule has 2 aliphatic carbocycles. The van der Waals surface area contributed by atoms with Gasteiger partial charge in [-0.15, -0.1) is 0 Å². The van der Waals surface area contributed by atoms with E-state index in [2.05, 4.69) is 6.92 Å². The SMILES string of the molecule is CCCCCCCCCC(C1CCCCCC1)C1CCCCCC1. The average molecular weight is 335 g/mol. The van der Waals surface area contributed by atoms with Crippen LogP contribution in [-0.2, 0) is 0 Å². The van der Waals surface area contributed by atoms with Crippen molar-refractivity contribution >= 4 is 0 Å². The molecule has 0 amide bonds. The van der Waals surface area contributed by atoms with Crippen molar-refractivity contribution in [2.24, 2.45) is 17.8 Å². The first-order valence-corrected chi connectivity index (χ1v) is 11.9. The van der Waals surface area contributed by atoms with E-state index in [1.165, 1.54) is 96.3 Å². The normalized spacial score (nSPS) is 21.8. The molecule has 0 aromatic carbocycles. The smallest absolute Gasteiger partial charge is 0.0357 e. The van der Waals surface area contributed by atoms with Gasteiger partial charge in [0.25, 0.3) is 0 Å². The second-order valence-corrected chi connectivity index (χ2v) is 9.08. The molecular weight excluding hydrogens is 288 g/mol. The minimum atomic E-state index is 1.09. The molecule has 2 saturated carbocycles. The van der Waals surface area contributed by atoms with Gasteiger partial charge < -0.3 is 0 Å². The van der Waals surface area contributed by atoms with Crippen LogP contribution in [0.25, 0.3) is 0 Å². The largest absolute Gasteiger partial charge is 0.0654 e. The third-order valence-corrected chi connectivity index (χ3v) is 7.15. The lowest BCUT2D eigenvalue weighted by Gasteiger charge is -2.33. The van der Waals surface area contributed by atoms with Crippen LogP contribution in [0.1, 0.15) is 135 Å². The minimum absolute atomic E-state index is 1.09. The molecular formula is C24H46. The summed E-state index contributed by atoms with van der Waals surface area (Å²) in [5, 5.41) is 0. The van der Waals surface area contributed by atoms with Gasteiger partial charge in [-0.25, -0.2) is 0 Å². The predicted molar refractivity (Wildman–Crippen MR) is 108 cm³/mol. The van der Waals surface area contributed by atoms with E-state index in [1.807, 2.05) is 0 Å². The Morgan fingerprint density at radius 1 is 0.542 bits per heavy atom. The third-order valence-electron chi connectivity index (χ3n) is 7.15. The average Bonchev–Trinajstić information content (AvgIpc) is 3.02.